The standard InChI is InChI=1S/C40H41F2N5O3/c1-22-18-25(38(45)39-32-13-12-29(30(32)16-17-46-39)31-14-15-35(50-2)37(42)36(31)41)10-11-28(22)34(48)20-33(44)24-8-6-23(7-9-24)21-47-40(49)26-4-3-5-27(43)19-26/h10-18,21,23-24,26,30,43-45H,3-9,19-20H2,1-2H3/t23?,24?,26-,30?/m1/s1. The van der Waals surface area contributed by atoms with Gasteiger partial charge in [0, 0.05) is 58.8 Å². The van der Waals surface area contributed by atoms with Gasteiger partial charge in [0.1, 0.15) is 0 Å². The van der Waals surface area contributed by atoms with Crippen molar-refractivity contribution in [2.24, 2.45) is 33.7 Å². The van der Waals surface area contributed by atoms with Crippen LogP contribution in [0.15, 0.2) is 70.3 Å². The van der Waals surface area contributed by atoms with E-state index in [1.807, 2.05) is 6.92 Å². The van der Waals surface area contributed by atoms with E-state index >= 15 is 0 Å². The number of fused-ring (bicyclic) bond motifs is 1. The van der Waals surface area contributed by atoms with Crippen molar-refractivity contribution < 1.29 is 23.1 Å². The maximum Gasteiger partial charge on any atom is 0.248 e. The summed E-state index contributed by atoms with van der Waals surface area (Å²) in [7, 11) is 1.28. The molecule has 0 spiro atoms. The van der Waals surface area contributed by atoms with Gasteiger partial charge in [0.05, 0.1) is 18.5 Å². The number of aryl methyl sites for hydroxylation is 1. The Bertz CT molecular complexity index is 1930. The number of methoxy groups -OCH3 is 1. The van der Waals surface area contributed by atoms with Crippen molar-refractivity contribution >= 4 is 46.3 Å². The number of carbonyl (C=O) groups excluding carboxylic acids is 2. The summed E-state index contributed by atoms with van der Waals surface area (Å²) in [6, 6.07) is 8.07. The number of aliphatic imine (C=N–C) groups is 2. The zero-order valence-electron chi connectivity index (χ0n) is 28.3. The number of halogens is 2. The van der Waals surface area contributed by atoms with Crippen LogP contribution in [0.3, 0.4) is 0 Å². The highest BCUT2D eigenvalue weighted by Gasteiger charge is 2.32. The van der Waals surface area contributed by atoms with Gasteiger partial charge in [-0.25, -0.2) is 9.38 Å². The number of rotatable bonds is 10. The number of ketones is 1. The van der Waals surface area contributed by atoms with Gasteiger partial charge < -0.3 is 15.6 Å². The molecular formula is C40H41F2N5O3. The molecule has 2 aromatic carbocycles. The molecule has 3 aliphatic carbocycles. The highest BCUT2D eigenvalue weighted by Crippen LogP contribution is 2.41. The molecule has 1 amide bonds. The SMILES string of the molecule is COc1ccc(C2=CC=C3C(C(=N)c4ccc(C(=O)CC(=N)C5CCC(C=NC(=O)[C@@H]6CCCC(=N)C6)CC5)c(C)c4)=NC=CC32)c(F)c1F. The first-order chi connectivity index (χ1) is 24.0. The van der Waals surface area contributed by atoms with Crippen LogP contribution in [0.2, 0.25) is 0 Å². The molecule has 10 heteroatoms. The first-order valence-electron chi connectivity index (χ1n) is 17.2. The molecule has 0 saturated heterocycles. The van der Waals surface area contributed by atoms with E-state index in [2.05, 4.69) is 9.98 Å². The van der Waals surface area contributed by atoms with Crippen molar-refractivity contribution in [3.8, 4) is 5.75 Å². The summed E-state index contributed by atoms with van der Waals surface area (Å²) in [5.41, 5.74) is 4.76. The monoisotopic (exact) mass is 677 g/mol. The number of ether oxygens (including phenoxy) is 1. The molecule has 1 heterocycles. The Morgan fingerprint density at radius 2 is 1.76 bits per heavy atom. The van der Waals surface area contributed by atoms with Crippen molar-refractivity contribution in [2.45, 2.75) is 64.7 Å². The first-order valence-corrected chi connectivity index (χ1v) is 17.2. The van der Waals surface area contributed by atoms with E-state index in [0.717, 1.165) is 44.9 Å². The molecule has 50 heavy (non-hydrogen) atoms. The van der Waals surface area contributed by atoms with Gasteiger partial charge >= 0.3 is 0 Å². The second kappa shape index (κ2) is 14.9. The zero-order valence-corrected chi connectivity index (χ0v) is 28.3. The molecule has 2 fully saturated rings. The molecule has 4 aliphatic rings. The Morgan fingerprint density at radius 3 is 2.48 bits per heavy atom. The second-order valence-corrected chi connectivity index (χ2v) is 13.6. The molecule has 2 atom stereocenters. The summed E-state index contributed by atoms with van der Waals surface area (Å²) in [6.07, 6.45) is 14.8. The Labute approximate surface area is 290 Å². The number of allylic oxidation sites excluding steroid dienone is 5. The number of benzene rings is 2. The fraction of sp³-hybridized carbons (Fsp3) is 0.375. The summed E-state index contributed by atoms with van der Waals surface area (Å²) in [4.78, 5) is 34.6. The molecule has 0 radical (unpaired) electrons. The Hall–Kier alpha value is -4.99. The molecule has 6 rings (SSSR count). The highest BCUT2D eigenvalue weighted by molar-refractivity contribution is 6.53. The average molecular weight is 678 g/mol. The van der Waals surface area contributed by atoms with Crippen LogP contribution < -0.4 is 4.74 Å². The van der Waals surface area contributed by atoms with E-state index in [1.54, 1.807) is 48.8 Å². The minimum atomic E-state index is -1.05. The van der Waals surface area contributed by atoms with Crippen molar-refractivity contribution in [3.05, 3.63) is 94.2 Å². The number of hydrogen-bond donors (Lipinski definition) is 3. The fourth-order valence-corrected chi connectivity index (χ4v) is 7.50. The molecular weight excluding hydrogens is 636 g/mol. The van der Waals surface area contributed by atoms with E-state index in [9.17, 15) is 18.4 Å². The summed E-state index contributed by atoms with van der Waals surface area (Å²) < 4.78 is 34.4. The van der Waals surface area contributed by atoms with Crippen molar-refractivity contribution in [1.82, 2.24) is 0 Å². The average Bonchev–Trinajstić information content (AvgIpc) is 3.55. The van der Waals surface area contributed by atoms with Gasteiger partial charge in [-0.15, -0.1) is 0 Å². The van der Waals surface area contributed by atoms with Crippen LogP contribution in [-0.4, -0.2) is 47.9 Å². The molecule has 1 aliphatic heterocycles. The number of hydrogen-bond acceptors (Lipinski definition) is 7. The van der Waals surface area contributed by atoms with Crippen LogP contribution in [0, 0.1) is 58.5 Å². The lowest BCUT2D eigenvalue weighted by Crippen LogP contribution is -2.25. The summed E-state index contributed by atoms with van der Waals surface area (Å²) in [5, 5.41) is 25.6. The third-order valence-corrected chi connectivity index (χ3v) is 10.4. The lowest BCUT2D eigenvalue weighted by molar-refractivity contribution is -0.121. The summed E-state index contributed by atoms with van der Waals surface area (Å²) in [6.45, 7) is 1.82. The smallest absolute Gasteiger partial charge is 0.248 e. The molecule has 0 aromatic heterocycles. The molecule has 2 aromatic rings. The maximum atomic E-state index is 15.0. The third kappa shape index (κ3) is 7.15. The van der Waals surface area contributed by atoms with Crippen LogP contribution in [0.1, 0.15) is 84.8 Å². The fourth-order valence-electron chi connectivity index (χ4n) is 7.50. The van der Waals surface area contributed by atoms with E-state index in [4.69, 9.17) is 21.0 Å². The van der Waals surface area contributed by atoms with Gasteiger partial charge in [-0.3, -0.25) is 20.0 Å². The van der Waals surface area contributed by atoms with Gasteiger partial charge in [-0.05, 0) is 105 Å². The molecule has 258 valence electrons. The molecule has 3 N–H and O–H groups in total. The van der Waals surface area contributed by atoms with E-state index in [-0.39, 0.29) is 52.9 Å². The minimum Gasteiger partial charge on any atom is -0.494 e. The van der Waals surface area contributed by atoms with Crippen LogP contribution in [-0.2, 0) is 4.79 Å². The highest BCUT2D eigenvalue weighted by atomic mass is 19.2. The predicted octanol–water partition coefficient (Wildman–Crippen LogP) is 8.46. The minimum absolute atomic E-state index is 0.0114. The number of carbonyl (C=O) groups is 2. The molecule has 0 bridgehead atoms. The van der Waals surface area contributed by atoms with Crippen LogP contribution in [0.4, 0.5) is 8.78 Å². The third-order valence-electron chi connectivity index (χ3n) is 10.4. The van der Waals surface area contributed by atoms with Gasteiger partial charge in [0.25, 0.3) is 0 Å². The number of nitrogens with one attached hydrogen (secondary N) is 3. The maximum absolute atomic E-state index is 15.0. The topological polar surface area (TPSA) is 140 Å². The summed E-state index contributed by atoms with van der Waals surface area (Å²) >= 11 is 0. The molecule has 2 saturated carbocycles. The molecule has 8 nitrogen and oxygen atoms in total. The number of Topliss-reactive ketones (excluding diaryl/α,β-unsaturated/α-hetero) is 1. The first kappa shape index (κ1) is 34.9. The predicted molar refractivity (Wildman–Crippen MR) is 192 cm³/mol. The Kier molecular flexibility index (Phi) is 10.4. The van der Waals surface area contributed by atoms with Crippen LogP contribution >= 0.6 is 0 Å². The van der Waals surface area contributed by atoms with Gasteiger partial charge in [-0.2, -0.15) is 4.39 Å². The van der Waals surface area contributed by atoms with Crippen LogP contribution in [0.25, 0.3) is 5.57 Å². The Morgan fingerprint density at radius 1 is 1.00 bits per heavy atom. The normalized spacial score (nSPS) is 23.2. The lowest BCUT2D eigenvalue weighted by atomic mass is 9.78. The largest absolute Gasteiger partial charge is 0.494 e. The lowest BCUT2D eigenvalue weighted by Gasteiger charge is -2.27. The van der Waals surface area contributed by atoms with Gasteiger partial charge in [0.2, 0.25) is 11.7 Å². The van der Waals surface area contributed by atoms with Gasteiger partial charge in [-0.1, -0.05) is 30.4 Å². The zero-order chi connectivity index (χ0) is 35.5. The second-order valence-electron chi connectivity index (χ2n) is 13.6. The number of nitrogens with zero attached hydrogens (tertiary/aromatic N) is 2. The van der Waals surface area contributed by atoms with E-state index in [0.29, 0.717) is 51.4 Å². The Balaban J connectivity index is 1.04. The van der Waals surface area contributed by atoms with Crippen molar-refractivity contribution in [2.75, 3.05) is 7.11 Å². The summed E-state index contributed by atoms with van der Waals surface area (Å²) in [5.74, 6) is -2.87. The quantitative estimate of drug-likeness (QED) is 0.172. The van der Waals surface area contributed by atoms with Crippen LogP contribution in [0.5, 0.6) is 5.75 Å². The van der Waals surface area contributed by atoms with E-state index < -0.39 is 17.6 Å². The van der Waals surface area contributed by atoms with Gasteiger partial charge in [0.15, 0.2) is 17.3 Å². The molecule has 1 unspecified atom stereocenters. The van der Waals surface area contributed by atoms with Crippen molar-refractivity contribution in [1.29, 1.82) is 16.2 Å². The van der Waals surface area contributed by atoms with E-state index in [1.165, 1.54) is 19.2 Å². The number of amides is 1. The van der Waals surface area contributed by atoms with Crippen molar-refractivity contribution in [3.63, 3.8) is 0 Å².